The average Bonchev–Trinajstić information content (AvgIpc) is 3.27. The molecule has 2 heterocycles. The number of alkyl halides is 2. The Bertz CT molecular complexity index is 1150. The van der Waals surface area contributed by atoms with Crippen molar-refractivity contribution in [3.05, 3.63) is 70.9 Å². The molecule has 1 aromatic heterocycles. The predicted octanol–water partition coefficient (Wildman–Crippen LogP) is 4.54. The van der Waals surface area contributed by atoms with Crippen LogP contribution in [0.2, 0.25) is 0 Å². The number of benzene rings is 2. The van der Waals surface area contributed by atoms with E-state index in [4.69, 9.17) is 9.47 Å². The van der Waals surface area contributed by atoms with E-state index in [0.717, 1.165) is 16.7 Å². The minimum absolute atomic E-state index is 0.176. The Morgan fingerprint density at radius 2 is 1.91 bits per heavy atom. The summed E-state index contributed by atoms with van der Waals surface area (Å²) in [6.07, 6.45) is -0.513. The van der Waals surface area contributed by atoms with Gasteiger partial charge in [-0.2, -0.15) is 5.10 Å². The molecule has 1 aliphatic rings. The van der Waals surface area contributed by atoms with Gasteiger partial charge in [0.1, 0.15) is 17.4 Å². The highest BCUT2D eigenvalue weighted by molar-refractivity contribution is 5.98. The molecule has 7 nitrogen and oxygen atoms in total. The fourth-order valence-electron chi connectivity index (χ4n) is 4.17. The Labute approximate surface area is 197 Å². The number of hydrogen-bond acceptors (Lipinski definition) is 5. The second-order valence-corrected chi connectivity index (χ2v) is 8.29. The molecule has 4 rings (SSSR count). The number of anilines is 1. The van der Waals surface area contributed by atoms with Gasteiger partial charge >= 0.3 is 0 Å². The first-order valence-corrected chi connectivity index (χ1v) is 11.1. The summed E-state index contributed by atoms with van der Waals surface area (Å²) in [5.74, 6) is 1.18. The van der Waals surface area contributed by atoms with Crippen LogP contribution in [-0.4, -0.2) is 42.9 Å². The molecule has 0 saturated carbocycles. The number of hydrogen-bond donors (Lipinski definition) is 2. The molecule has 0 saturated heterocycles. The number of nitrogens with zero attached hydrogens (tertiary/aromatic N) is 2. The van der Waals surface area contributed by atoms with Crippen molar-refractivity contribution in [2.45, 2.75) is 38.3 Å². The quantitative estimate of drug-likeness (QED) is 0.505. The Kier molecular flexibility index (Phi) is 7.00. The summed E-state index contributed by atoms with van der Waals surface area (Å²) in [7, 11) is 3.14. The van der Waals surface area contributed by atoms with Gasteiger partial charge in [0, 0.05) is 6.54 Å². The lowest BCUT2D eigenvalue weighted by atomic mass is 9.96. The van der Waals surface area contributed by atoms with Gasteiger partial charge in [-0.25, -0.2) is 13.5 Å². The van der Waals surface area contributed by atoms with Crippen LogP contribution in [0.5, 0.6) is 11.5 Å². The van der Waals surface area contributed by atoms with Crippen molar-refractivity contribution in [3.63, 3.8) is 0 Å². The smallest absolute Gasteiger partial charge is 0.260 e. The summed E-state index contributed by atoms with van der Waals surface area (Å²) in [5, 5.41) is 10.2. The molecule has 2 aromatic carbocycles. The van der Waals surface area contributed by atoms with Crippen LogP contribution in [0.4, 0.5) is 14.6 Å². The van der Waals surface area contributed by atoms with Gasteiger partial charge < -0.3 is 20.1 Å². The lowest BCUT2D eigenvalue weighted by Gasteiger charge is -2.32. The van der Waals surface area contributed by atoms with E-state index in [1.807, 2.05) is 49.4 Å². The van der Waals surface area contributed by atoms with Crippen molar-refractivity contribution in [1.82, 2.24) is 15.1 Å². The van der Waals surface area contributed by atoms with Gasteiger partial charge in [0.05, 0.1) is 26.5 Å². The molecule has 0 bridgehead atoms. The number of nitrogens with one attached hydrogen (secondary N) is 2. The number of carbonyl (C=O) groups is 1. The zero-order valence-corrected chi connectivity index (χ0v) is 19.3. The van der Waals surface area contributed by atoms with Crippen molar-refractivity contribution < 1.29 is 23.0 Å². The summed E-state index contributed by atoms with van der Waals surface area (Å²) < 4.78 is 39.5. The van der Waals surface area contributed by atoms with Crippen molar-refractivity contribution in [3.8, 4) is 11.5 Å². The molecule has 0 spiro atoms. The van der Waals surface area contributed by atoms with E-state index in [0.29, 0.717) is 30.3 Å². The lowest BCUT2D eigenvalue weighted by Crippen LogP contribution is -2.33. The maximum Gasteiger partial charge on any atom is 0.260 e. The minimum Gasteiger partial charge on any atom is -0.493 e. The van der Waals surface area contributed by atoms with Gasteiger partial charge in [-0.05, 0) is 43.0 Å². The molecule has 2 atom stereocenters. The number of halogens is 2. The van der Waals surface area contributed by atoms with Gasteiger partial charge in [0.25, 0.3) is 12.3 Å². The molecule has 34 heavy (non-hydrogen) atoms. The second kappa shape index (κ2) is 10.1. The van der Waals surface area contributed by atoms with E-state index in [-0.39, 0.29) is 23.9 Å². The summed E-state index contributed by atoms with van der Waals surface area (Å²) in [6, 6.07) is 11.8. The van der Waals surface area contributed by atoms with Crippen LogP contribution in [0.15, 0.2) is 48.7 Å². The molecular weight excluding hydrogens is 442 g/mol. The Morgan fingerprint density at radius 1 is 1.18 bits per heavy atom. The first-order valence-electron chi connectivity index (χ1n) is 11.1. The average molecular weight is 471 g/mol. The van der Waals surface area contributed by atoms with E-state index in [2.05, 4.69) is 15.7 Å². The number of methoxy groups -OCH3 is 2. The van der Waals surface area contributed by atoms with Crippen LogP contribution >= 0.6 is 0 Å². The SMILES string of the molecule is COc1ccc(CCNC(=O)c2cnn3c2N[C@H](c2ccc(C)cc2)C[C@@H]3C(F)F)cc1OC. The number of ether oxygens (including phenoxy) is 2. The van der Waals surface area contributed by atoms with Crippen LogP contribution in [0.25, 0.3) is 0 Å². The first-order chi connectivity index (χ1) is 16.4. The number of aryl methyl sites for hydroxylation is 1. The first kappa shape index (κ1) is 23.5. The molecule has 1 amide bonds. The third-order valence-corrected chi connectivity index (χ3v) is 6.06. The second-order valence-electron chi connectivity index (χ2n) is 8.29. The van der Waals surface area contributed by atoms with Crippen LogP contribution in [0.1, 0.15) is 45.6 Å². The Hall–Kier alpha value is -3.62. The monoisotopic (exact) mass is 470 g/mol. The van der Waals surface area contributed by atoms with Crippen LogP contribution in [0, 0.1) is 6.92 Å². The maximum atomic E-state index is 13.9. The highest BCUT2D eigenvalue weighted by atomic mass is 19.3. The molecule has 3 aromatic rings. The third-order valence-electron chi connectivity index (χ3n) is 6.06. The summed E-state index contributed by atoms with van der Waals surface area (Å²) in [6.45, 7) is 2.33. The Balaban J connectivity index is 1.48. The molecule has 9 heteroatoms. The fourth-order valence-corrected chi connectivity index (χ4v) is 4.17. The third kappa shape index (κ3) is 4.83. The van der Waals surface area contributed by atoms with Crippen molar-refractivity contribution >= 4 is 11.7 Å². The van der Waals surface area contributed by atoms with E-state index in [9.17, 15) is 13.6 Å². The van der Waals surface area contributed by atoms with E-state index < -0.39 is 12.5 Å². The van der Waals surface area contributed by atoms with Gasteiger partial charge in [-0.1, -0.05) is 35.9 Å². The Morgan fingerprint density at radius 3 is 2.59 bits per heavy atom. The molecule has 2 N–H and O–H groups in total. The molecule has 0 aliphatic carbocycles. The summed E-state index contributed by atoms with van der Waals surface area (Å²) >= 11 is 0. The van der Waals surface area contributed by atoms with Gasteiger partial charge in [-0.15, -0.1) is 0 Å². The number of fused-ring (bicyclic) bond motifs is 1. The predicted molar refractivity (Wildman–Crippen MR) is 125 cm³/mol. The molecule has 180 valence electrons. The number of aromatic nitrogens is 2. The standard InChI is InChI=1S/C25H28F2N4O3/c1-15-4-7-17(8-5-15)19-13-20(23(26)27)31-24(30-19)18(14-29-31)25(32)28-11-10-16-6-9-21(33-2)22(12-16)34-3/h4-9,12,14,19-20,23,30H,10-11,13H2,1-3H3,(H,28,32)/t19-,20+/m0/s1. The van der Waals surface area contributed by atoms with E-state index in [1.165, 1.54) is 10.9 Å². The van der Waals surface area contributed by atoms with Crippen molar-refractivity contribution in [1.29, 1.82) is 0 Å². The van der Waals surface area contributed by atoms with Gasteiger partial charge in [-0.3, -0.25) is 4.79 Å². The van der Waals surface area contributed by atoms with E-state index in [1.54, 1.807) is 14.2 Å². The van der Waals surface area contributed by atoms with Crippen LogP contribution in [-0.2, 0) is 6.42 Å². The summed E-state index contributed by atoms with van der Waals surface area (Å²) in [4.78, 5) is 12.9. The van der Waals surface area contributed by atoms with Gasteiger partial charge in [0.15, 0.2) is 11.5 Å². The van der Waals surface area contributed by atoms with Crippen LogP contribution in [0.3, 0.4) is 0 Å². The highest BCUT2D eigenvalue weighted by Gasteiger charge is 2.36. The van der Waals surface area contributed by atoms with Crippen molar-refractivity contribution in [2.75, 3.05) is 26.1 Å². The fraction of sp³-hybridized carbons (Fsp3) is 0.360. The molecule has 1 aliphatic heterocycles. The van der Waals surface area contributed by atoms with E-state index >= 15 is 0 Å². The zero-order valence-electron chi connectivity index (χ0n) is 19.3. The minimum atomic E-state index is -2.60. The normalized spacial score (nSPS) is 17.1. The highest BCUT2D eigenvalue weighted by Crippen LogP contribution is 2.39. The van der Waals surface area contributed by atoms with Gasteiger partial charge in [0.2, 0.25) is 0 Å². The topological polar surface area (TPSA) is 77.4 Å². The number of carbonyl (C=O) groups excluding carboxylic acids is 1. The maximum absolute atomic E-state index is 13.9. The number of amides is 1. The molecule has 0 fully saturated rings. The van der Waals surface area contributed by atoms with Crippen LogP contribution < -0.4 is 20.1 Å². The molecule has 0 radical (unpaired) electrons. The van der Waals surface area contributed by atoms with Crippen molar-refractivity contribution in [2.24, 2.45) is 0 Å². The largest absolute Gasteiger partial charge is 0.493 e. The summed E-state index contributed by atoms with van der Waals surface area (Å²) in [5.41, 5.74) is 3.19. The zero-order chi connectivity index (χ0) is 24.2. The molecular formula is C25H28F2N4O3. The molecule has 0 unspecified atom stereocenters. The lowest BCUT2D eigenvalue weighted by molar-refractivity contribution is 0.0656. The number of rotatable bonds is 8.